The molecule has 0 bridgehead atoms. The molecule has 0 aliphatic rings. The summed E-state index contributed by atoms with van der Waals surface area (Å²) in [4.78, 5) is 17.0. The second kappa shape index (κ2) is 7.61. The van der Waals surface area contributed by atoms with Crippen molar-refractivity contribution >= 4 is 22.4 Å². The van der Waals surface area contributed by atoms with Gasteiger partial charge in [0.05, 0.1) is 30.3 Å². The molecule has 0 saturated carbocycles. The predicted molar refractivity (Wildman–Crippen MR) is 106 cm³/mol. The molecule has 0 unspecified atom stereocenters. The molecule has 0 spiro atoms. The number of methoxy groups -OCH3 is 1. The van der Waals surface area contributed by atoms with Crippen molar-refractivity contribution in [2.75, 3.05) is 12.4 Å². The Labute approximate surface area is 164 Å². The van der Waals surface area contributed by atoms with Gasteiger partial charge in [-0.15, -0.1) is 11.3 Å². The number of benzene rings is 2. The van der Waals surface area contributed by atoms with Crippen molar-refractivity contribution in [3.05, 3.63) is 71.5 Å². The quantitative estimate of drug-likeness (QED) is 0.518. The lowest BCUT2D eigenvalue weighted by atomic mass is 10.1. The average molecular weight is 394 g/mol. The van der Waals surface area contributed by atoms with E-state index in [0.29, 0.717) is 27.6 Å². The fourth-order valence-electron chi connectivity index (χ4n) is 2.74. The van der Waals surface area contributed by atoms with Crippen LogP contribution in [-0.4, -0.2) is 28.2 Å². The van der Waals surface area contributed by atoms with Crippen LogP contribution in [0.3, 0.4) is 0 Å². The molecule has 0 aliphatic heterocycles. The average Bonchev–Trinajstić information content (AvgIpc) is 3.38. The van der Waals surface area contributed by atoms with E-state index in [4.69, 9.17) is 4.74 Å². The summed E-state index contributed by atoms with van der Waals surface area (Å²) in [5, 5.41) is 11.8. The number of anilines is 1. The highest BCUT2D eigenvalue weighted by Gasteiger charge is 2.17. The molecule has 2 aromatic heterocycles. The number of thiazole rings is 1. The van der Waals surface area contributed by atoms with E-state index in [-0.39, 0.29) is 11.7 Å². The summed E-state index contributed by atoms with van der Waals surface area (Å²) in [5.74, 6) is -0.625. The van der Waals surface area contributed by atoms with Crippen molar-refractivity contribution in [1.29, 1.82) is 0 Å². The first-order valence-corrected chi connectivity index (χ1v) is 9.23. The van der Waals surface area contributed by atoms with Crippen LogP contribution in [0.5, 0.6) is 5.75 Å². The molecule has 140 valence electrons. The van der Waals surface area contributed by atoms with Crippen LogP contribution < -0.4 is 10.1 Å². The number of nitrogens with zero attached hydrogens (tertiary/aromatic N) is 2. The maximum absolute atomic E-state index is 13.9. The lowest BCUT2D eigenvalue weighted by molar-refractivity contribution is 0.102. The van der Waals surface area contributed by atoms with E-state index < -0.39 is 5.82 Å². The van der Waals surface area contributed by atoms with Crippen molar-refractivity contribution < 1.29 is 13.9 Å². The maximum atomic E-state index is 13.9. The van der Waals surface area contributed by atoms with Crippen LogP contribution in [0.15, 0.2) is 60.1 Å². The minimum atomic E-state index is -0.468. The number of nitrogens with one attached hydrogen (secondary N) is 2. The summed E-state index contributed by atoms with van der Waals surface area (Å²) in [6.45, 7) is 0. The number of H-pyrrole nitrogens is 1. The molecular weight excluding hydrogens is 379 g/mol. The van der Waals surface area contributed by atoms with Gasteiger partial charge in [0.25, 0.3) is 5.91 Å². The second-order valence-electron chi connectivity index (χ2n) is 5.87. The molecule has 0 fully saturated rings. The van der Waals surface area contributed by atoms with E-state index in [9.17, 15) is 9.18 Å². The van der Waals surface area contributed by atoms with Crippen molar-refractivity contribution in [1.82, 2.24) is 15.2 Å². The standard InChI is InChI=1S/C20H15FN4O2S/c1-27-17-8-7-13(9-15(17)21)16-11-28-20(23-16)24-19(26)14-10-22-25-18(14)12-5-3-2-4-6-12/h2-11H,1H3,(H,22,25)(H,23,24,26). The third-order valence-corrected chi connectivity index (χ3v) is 4.88. The molecule has 2 aromatic carbocycles. The lowest BCUT2D eigenvalue weighted by Gasteiger charge is -2.04. The molecule has 2 N–H and O–H groups in total. The predicted octanol–water partition coefficient (Wildman–Crippen LogP) is 4.60. The number of aromatic nitrogens is 3. The fraction of sp³-hybridized carbons (Fsp3) is 0.0500. The van der Waals surface area contributed by atoms with Crippen LogP contribution in [0, 0.1) is 5.82 Å². The molecular formula is C20H15FN4O2S. The zero-order valence-corrected chi connectivity index (χ0v) is 15.6. The van der Waals surface area contributed by atoms with Gasteiger partial charge in [-0.25, -0.2) is 9.37 Å². The first-order valence-electron chi connectivity index (χ1n) is 8.35. The summed E-state index contributed by atoms with van der Waals surface area (Å²) in [6, 6.07) is 14.1. The molecule has 0 atom stereocenters. The summed E-state index contributed by atoms with van der Waals surface area (Å²) >= 11 is 1.26. The second-order valence-corrected chi connectivity index (χ2v) is 6.72. The van der Waals surface area contributed by atoms with Gasteiger partial charge in [-0.05, 0) is 18.2 Å². The van der Waals surface area contributed by atoms with Gasteiger partial charge in [0.2, 0.25) is 0 Å². The summed E-state index contributed by atoms with van der Waals surface area (Å²) in [6.07, 6.45) is 1.48. The van der Waals surface area contributed by atoms with E-state index in [0.717, 1.165) is 5.56 Å². The molecule has 0 saturated heterocycles. The molecule has 1 amide bonds. The van der Waals surface area contributed by atoms with Crippen LogP contribution in [0.1, 0.15) is 10.4 Å². The third-order valence-electron chi connectivity index (χ3n) is 4.12. The molecule has 0 radical (unpaired) electrons. The molecule has 28 heavy (non-hydrogen) atoms. The van der Waals surface area contributed by atoms with Crippen LogP contribution in [0.2, 0.25) is 0 Å². The smallest absolute Gasteiger partial charge is 0.261 e. The number of amides is 1. The lowest BCUT2D eigenvalue weighted by Crippen LogP contribution is -2.12. The SMILES string of the molecule is COc1ccc(-c2csc(NC(=O)c3cn[nH]c3-c3ccccc3)n2)cc1F. The van der Waals surface area contributed by atoms with E-state index in [1.807, 2.05) is 30.3 Å². The fourth-order valence-corrected chi connectivity index (χ4v) is 3.45. The minimum Gasteiger partial charge on any atom is -0.494 e. The summed E-state index contributed by atoms with van der Waals surface area (Å²) in [5.41, 5.74) is 3.07. The van der Waals surface area contributed by atoms with E-state index in [1.54, 1.807) is 17.5 Å². The topological polar surface area (TPSA) is 79.9 Å². The van der Waals surface area contributed by atoms with Gasteiger partial charge >= 0.3 is 0 Å². The van der Waals surface area contributed by atoms with Crippen LogP contribution in [-0.2, 0) is 0 Å². The third kappa shape index (κ3) is 3.49. The Morgan fingerprint density at radius 2 is 2.00 bits per heavy atom. The van der Waals surface area contributed by atoms with E-state index in [2.05, 4.69) is 20.5 Å². The zero-order valence-electron chi connectivity index (χ0n) is 14.8. The molecule has 2 heterocycles. The number of hydrogen-bond donors (Lipinski definition) is 2. The van der Waals surface area contributed by atoms with Gasteiger partial charge in [-0.1, -0.05) is 30.3 Å². The Bertz CT molecular complexity index is 1120. The highest BCUT2D eigenvalue weighted by Crippen LogP contribution is 2.29. The maximum Gasteiger partial charge on any atom is 0.261 e. The van der Waals surface area contributed by atoms with Crippen LogP contribution in [0.4, 0.5) is 9.52 Å². The van der Waals surface area contributed by atoms with Gasteiger partial charge in [-0.2, -0.15) is 5.10 Å². The zero-order chi connectivity index (χ0) is 19.5. The summed E-state index contributed by atoms with van der Waals surface area (Å²) in [7, 11) is 1.41. The molecule has 0 aliphatic carbocycles. The molecule has 6 nitrogen and oxygen atoms in total. The molecule has 4 rings (SSSR count). The van der Waals surface area contributed by atoms with E-state index in [1.165, 1.54) is 30.7 Å². The summed E-state index contributed by atoms with van der Waals surface area (Å²) < 4.78 is 18.8. The van der Waals surface area contributed by atoms with Crippen LogP contribution in [0.25, 0.3) is 22.5 Å². The van der Waals surface area contributed by atoms with Gasteiger partial charge in [-0.3, -0.25) is 15.2 Å². The van der Waals surface area contributed by atoms with Crippen molar-refractivity contribution in [3.8, 4) is 28.3 Å². The van der Waals surface area contributed by atoms with Crippen LogP contribution >= 0.6 is 11.3 Å². The number of aromatic amines is 1. The molecule has 4 aromatic rings. The number of ether oxygens (including phenoxy) is 1. The highest BCUT2D eigenvalue weighted by molar-refractivity contribution is 7.14. The highest BCUT2D eigenvalue weighted by atomic mass is 32.1. The molecule has 8 heteroatoms. The van der Waals surface area contributed by atoms with Gasteiger partial charge in [0.1, 0.15) is 0 Å². The van der Waals surface area contributed by atoms with Crippen molar-refractivity contribution in [2.45, 2.75) is 0 Å². The van der Waals surface area contributed by atoms with Gasteiger partial charge in [0, 0.05) is 16.5 Å². The Hall–Kier alpha value is -3.52. The van der Waals surface area contributed by atoms with Gasteiger partial charge in [0.15, 0.2) is 16.7 Å². The van der Waals surface area contributed by atoms with Gasteiger partial charge < -0.3 is 4.74 Å². The largest absolute Gasteiger partial charge is 0.494 e. The number of rotatable bonds is 5. The first kappa shape index (κ1) is 17.9. The van der Waals surface area contributed by atoms with Crippen molar-refractivity contribution in [3.63, 3.8) is 0 Å². The Morgan fingerprint density at radius 1 is 1.18 bits per heavy atom. The number of carbonyl (C=O) groups is 1. The Balaban J connectivity index is 1.54. The number of carbonyl (C=O) groups excluding carboxylic acids is 1. The van der Waals surface area contributed by atoms with Crippen molar-refractivity contribution in [2.24, 2.45) is 0 Å². The number of halogens is 1. The first-order chi connectivity index (χ1) is 13.7. The van der Waals surface area contributed by atoms with E-state index >= 15 is 0 Å². The Kier molecular flexibility index (Phi) is 4.86. The number of hydrogen-bond acceptors (Lipinski definition) is 5. The Morgan fingerprint density at radius 3 is 2.75 bits per heavy atom. The monoisotopic (exact) mass is 394 g/mol. The minimum absolute atomic E-state index is 0.168. The normalized spacial score (nSPS) is 10.6.